The molecule has 6 rings (SSSR count). The summed E-state index contributed by atoms with van der Waals surface area (Å²) in [6.07, 6.45) is 3.15. The lowest BCUT2D eigenvalue weighted by Crippen LogP contribution is -2.38. The summed E-state index contributed by atoms with van der Waals surface area (Å²) in [6, 6.07) is 10.9. The minimum Gasteiger partial charge on any atom is -0.463 e. The summed E-state index contributed by atoms with van der Waals surface area (Å²) in [5, 5.41) is 5.92. The molecule has 9 heteroatoms. The fourth-order valence-electron chi connectivity index (χ4n) is 4.76. The van der Waals surface area contributed by atoms with Gasteiger partial charge in [-0.05, 0) is 56.2 Å². The number of aromatic nitrogens is 4. The average Bonchev–Trinajstić information content (AvgIpc) is 3.58. The molecule has 172 valence electrons. The molecule has 0 N–H and O–H groups in total. The molecule has 1 aromatic carbocycles. The van der Waals surface area contributed by atoms with E-state index in [1.165, 1.54) is 0 Å². The second kappa shape index (κ2) is 7.99. The number of hydrogen-bond acceptors (Lipinski definition) is 6. The number of halogens is 1. The molecule has 0 radical (unpaired) electrons. The maximum Gasteiger partial charge on any atom is 0.254 e. The largest absolute Gasteiger partial charge is 0.463 e. The van der Waals surface area contributed by atoms with Gasteiger partial charge in [0.05, 0.1) is 22.9 Å². The van der Waals surface area contributed by atoms with Crippen molar-refractivity contribution in [3.05, 3.63) is 64.8 Å². The summed E-state index contributed by atoms with van der Waals surface area (Å²) in [5.74, 6) is 1.45. The molecule has 0 aliphatic carbocycles. The molecule has 1 amide bonds. The molecule has 4 aromatic heterocycles. The van der Waals surface area contributed by atoms with Crippen molar-refractivity contribution < 1.29 is 13.6 Å². The number of carbonyl (C=O) groups excluding carboxylic acids is 1. The van der Waals surface area contributed by atoms with Crippen molar-refractivity contribution in [1.29, 1.82) is 0 Å². The third-order valence-electron chi connectivity index (χ3n) is 6.47. The number of carbonyl (C=O) groups is 1. The molecule has 0 spiro atoms. The number of hydrogen-bond donors (Lipinski definition) is 0. The summed E-state index contributed by atoms with van der Waals surface area (Å²) in [4.78, 5) is 24.9. The molecule has 1 aliphatic rings. The Hall–Kier alpha value is -3.65. The number of amides is 1. The van der Waals surface area contributed by atoms with Gasteiger partial charge in [-0.25, -0.2) is 9.97 Å². The van der Waals surface area contributed by atoms with Gasteiger partial charge in [-0.15, -0.1) is 0 Å². The fraction of sp³-hybridized carbons (Fsp3) is 0.280. The number of furan rings is 1. The molecule has 5 heterocycles. The van der Waals surface area contributed by atoms with Crippen LogP contribution in [0.4, 0.5) is 0 Å². The van der Waals surface area contributed by atoms with Crippen LogP contribution in [-0.2, 0) is 7.05 Å². The van der Waals surface area contributed by atoms with E-state index in [1.807, 2.05) is 49.2 Å². The van der Waals surface area contributed by atoms with Gasteiger partial charge in [0.25, 0.3) is 5.91 Å². The quantitative estimate of drug-likeness (QED) is 0.349. The van der Waals surface area contributed by atoms with Gasteiger partial charge in [0, 0.05) is 31.1 Å². The van der Waals surface area contributed by atoms with Crippen molar-refractivity contribution in [1.82, 2.24) is 24.6 Å². The highest BCUT2D eigenvalue weighted by Crippen LogP contribution is 2.33. The van der Waals surface area contributed by atoms with E-state index < -0.39 is 0 Å². The Labute approximate surface area is 200 Å². The fourth-order valence-corrected chi connectivity index (χ4v) is 4.92. The summed E-state index contributed by atoms with van der Waals surface area (Å²) in [5.41, 5.74) is 4.14. The van der Waals surface area contributed by atoms with E-state index in [0.717, 1.165) is 35.0 Å². The van der Waals surface area contributed by atoms with E-state index in [4.69, 9.17) is 25.4 Å². The molecule has 1 aliphatic heterocycles. The third kappa shape index (κ3) is 3.45. The molecule has 8 nitrogen and oxygen atoms in total. The first-order valence-corrected chi connectivity index (χ1v) is 11.6. The molecule has 34 heavy (non-hydrogen) atoms. The highest BCUT2D eigenvalue weighted by molar-refractivity contribution is 6.31. The monoisotopic (exact) mass is 475 g/mol. The number of likely N-dealkylation sites (tertiary alicyclic amines) is 1. The summed E-state index contributed by atoms with van der Waals surface area (Å²) in [6.45, 7) is 3.13. The van der Waals surface area contributed by atoms with Crippen LogP contribution < -0.4 is 0 Å². The summed E-state index contributed by atoms with van der Waals surface area (Å²) < 4.78 is 13.2. The van der Waals surface area contributed by atoms with E-state index in [-0.39, 0.29) is 11.8 Å². The minimum atomic E-state index is -0.0286. The minimum absolute atomic E-state index is 0.0286. The Balaban J connectivity index is 1.28. The molecular formula is C25H22ClN5O3. The predicted octanol–water partition coefficient (Wildman–Crippen LogP) is 5.35. The van der Waals surface area contributed by atoms with Gasteiger partial charge in [-0.1, -0.05) is 11.6 Å². The Bertz CT molecular complexity index is 1530. The standard InChI is InChI=1S/C25H22ClN5O3/c1-14-22-17(13-19(20-4-3-11-33-20)27-23(22)30(2)29-14)25(32)31-9-7-15(8-10-31)24-28-18-12-16(26)5-6-21(18)34-24/h3-6,11-13,15H,7-10H2,1-2H3. The van der Waals surface area contributed by atoms with Gasteiger partial charge in [0.15, 0.2) is 22.9 Å². The molecular weight excluding hydrogens is 454 g/mol. The smallest absolute Gasteiger partial charge is 0.254 e. The normalized spacial score (nSPS) is 15.0. The highest BCUT2D eigenvalue weighted by atomic mass is 35.5. The number of aryl methyl sites for hydroxylation is 2. The molecule has 0 atom stereocenters. The molecule has 1 saturated heterocycles. The number of nitrogens with zero attached hydrogens (tertiary/aromatic N) is 5. The first kappa shape index (κ1) is 20.9. The van der Waals surface area contributed by atoms with Gasteiger partial charge in [-0.2, -0.15) is 5.10 Å². The lowest BCUT2D eigenvalue weighted by atomic mass is 9.96. The van der Waals surface area contributed by atoms with Gasteiger partial charge in [0.2, 0.25) is 0 Å². The number of pyridine rings is 1. The van der Waals surface area contributed by atoms with Crippen molar-refractivity contribution in [2.24, 2.45) is 7.05 Å². The Kier molecular flexibility index (Phi) is 4.91. The number of rotatable bonds is 3. The zero-order valence-corrected chi connectivity index (χ0v) is 19.5. The van der Waals surface area contributed by atoms with Crippen LogP contribution in [0.15, 0.2) is 51.5 Å². The topological polar surface area (TPSA) is 90.2 Å². The molecule has 5 aromatic rings. The maximum atomic E-state index is 13.7. The van der Waals surface area contributed by atoms with Crippen LogP contribution in [0.1, 0.15) is 40.7 Å². The van der Waals surface area contributed by atoms with Crippen LogP contribution in [0, 0.1) is 6.92 Å². The summed E-state index contributed by atoms with van der Waals surface area (Å²) >= 11 is 6.08. The Morgan fingerprint density at radius 3 is 2.74 bits per heavy atom. The van der Waals surface area contributed by atoms with Crippen LogP contribution in [0.25, 0.3) is 33.6 Å². The SMILES string of the molecule is Cc1nn(C)c2nc(-c3ccco3)cc(C(=O)N3CCC(c4nc5cc(Cl)ccc5o4)CC3)c12. The average molecular weight is 476 g/mol. The zero-order valence-electron chi connectivity index (χ0n) is 18.8. The van der Waals surface area contributed by atoms with E-state index in [1.54, 1.807) is 17.0 Å². The van der Waals surface area contributed by atoms with Crippen LogP contribution in [0.2, 0.25) is 5.02 Å². The number of oxazole rings is 1. The molecule has 0 unspecified atom stereocenters. The van der Waals surface area contributed by atoms with Crippen molar-refractivity contribution in [3.8, 4) is 11.5 Å². The Morgan fingerprint density at radius 2 is 1.97 bits per heavy atom. The third-order valence-corrected chi connectivity index (χ3v) is 6.71. The first-order chi connectivity index (χ1) is 16.5. The van der Waals surface area contributed by atoms with Gasteiger partial charge >= 0.3 is 0 Å². The van der Waals surface area contributed by atoms with Crippen molar-refractivity contribution in [3.63, 3.8) is 0 Å². The molecule has 1 fully saturated rings. The first-order valence-electron chi connectivity index (χ1n) is 11.2. The van der Waals surface area contributed by atoms with Gasteiger partial charge in [0.1, 0.15) is 11.2 Å². The van der Waals surface area contributed by atoms with E-state index >= 15 is 0 Å². The molecule has 0 saturated carbocycles. The highest BCUT2D eigenvalue weighted by Gasteiger charge is 2.30. The second-order valence-electron chi connectivity index (χ2n) is 8.67. The van der Waals surface area contributed by atoms with Gasteiger partial charge in [-0.3, -0.25) is 9.48 Å². The number of piperidine rings is 1. The van der Waals surface area contributed by atoms with Crippen LogP contribution in [-0.4, -0.2) is 43.6 Å². The van der Waals surface area contributed by atoms with Crippen molar-refractivity contribution in [2.75, 3.05) is 13.1 Å². The Morgan fingerprint density at radius 1 is 1.15 bits per heavy atom. The van der Waals surface area contributed by atoms with E-state index in [9.17, 15) is 4.79 Å². The predicted molar refractivity (Wildman–Crippen MR) is 128 cm³/mol. The maximum absolute atomic E-state index is 13.7. The van der Waals surface area contributed by atoms with Crippen molar-refractivity contribution in [2.45, 2.75) is 25.7 Å². The number of benzene rings is 1. The van der Waals surface area contributed by atoms with Crippen LogP contribution in [0.5, 0.6) is 0 Å². The second-order valence-corrected chi connectivity index (χ2v) is 9.11. The number of fused-ring (bicyclic) bond motifs is 2. The zero-order chi connectivity index (χ0) is 23.4. The lowest BCUT2D eigenvalue weighted by molar-refractivity contribution is 0.0708. The van der Waals surface area contributed by atoms with Crippen LogP contribution >= 0.6 is 11.6 Å². The molecule has 0 bridgehead atoms. The lowest BCUT2D eigenvalue weighted by Gasteiger charge is -2.31. The van der Waals surface area contributed by atoms with Gasteiger partial charge < -0.3 is 13.7 Å². The van der Waals surface area contributed by atoms with E-state index in [0.29, 0.717) is 46.7 Å². The summed E-state index contributed by atoms with van der Waals surface area (Å²) in [7, 11) is 1.83. The van der Waals surface area contributed by atoms with E-state index in [2.05, 4.69) is 10.1 Å². The van der Waals surface area contributed by atoms with Crippen LogP contribution in [0.3, 0.4) is 0 Å². The van der Waals surface area contributed by atoms with Crippen molar-refractivity contribution >= 4 is 39.6 Å².